The van der Waals surface area contributed by atoms with Gasteiger partial charge in [-0.1, -0.05) is 12.1 Å². The van der Waals surface area contributed by atoms with E-state index in [1.54, 1.807) is 30.5 Å². The molecule has 136 valence electrons. The van der Waals surface area contributed by atoms with E-state index in [0.29, 0.717) is 0 Å². The molecule has 0 saturated heterocycles. The van der Waals surface area contributed by atoms with Gasteiger partial charge in [-0.3, -0.25) is 4.99 Å². The van der Waals surface area contributed by atoms with Gasteiger partial charge in [0.05, 0.1) is 5.01 Å². The second-order valence-electron chi connectivity index (χ2n) is 6.25. The van der Waals surface area contributed by atoms with Crippen molar-refractivity contribution in [1.29, 1.82) is 0 Å². The predicted molar refractivity (Wildman–Crippen MR) is 113 cm³/mol. The van der Waals surface area contributed by atoms with Gasteiger partial charge in [0.1, 0.15) is 5.82 Å². The molecule has 25 heavy (non-hydrogen) atoms. The second-order valence-corrected chi connectivity index (χ2v) is 7.57. The number of aromatic nitrogens is 1. The zero-order valence-electron chi connectivity index (χ0n) is 14.5. The topological polar surface area (TPSA) is 49.3 Å². The van der Waals surface area contributed by atoms with Gasteiger partial charge < -0.3 is 10.6 Å². The highest BCUT2D eigenvalue weighted by molar-refractivity contribution is 14.0. The van der Waals surface area contributed by atoms with Crippen molar-refractivity contribution in [2.75, 3.05) is 20.1 Å². The van der Waals surface area contributed by atoms with Crippen LogP contribution in [0.5, 0.6) is 0 Å². The number of guanidine groups is 1. The van der Waals surface area contributed by atoms with Crippen molar-refractivity contribution < 1.29 is 4.39 Å². The van der Waals surface area contributed by atoms with E-state index >= 15 is 0 Å². The molecule has 0 radical (unpaired) electrons. The van der Waals surface area contributed by atoms with Crippen LogP contribution < -0.4 is 10.6 Å². The fourth-order valence-electron chi connectivity index (χ4n) is 2.80. The molecule has 2 N–H and O–H groups in total. The monoisotopic (exact) mass is 474 g/mol. The van der Waals surface area contributed by atoms with Crippen molar-refractivity contribution in [3.05, 3.63) is 51.7 Å². The number of halogens is 2. The van der Waals surface area contributed by atoms with Crippen molar-refractivity contribution in [2.45, 2.75) is 31.6 Å². The van der Waals surface area contributed by atoms with Gasteiger partial charge in [-0.05, 0) is 37.5 Å². The molecule has 1 saturated carbocycles. The Balaban J connectivity index is 0.00000225. The van der Waals surface area contributed by atoms with Gasteiger partial charge in [0.2, 0.25) is 0 Å². The summed E-state index contributed by atoms with van der Waals surface area (Å²) in [5.74, 6) is 0.620. The molecular formula is C18H24FIN4S. The Bertz CT molecular complexity index is 710. The van der Waals surface area contributed by atoms with Gasteiger partial charge in [-0.25, -0.2) is 9.37 Å². The van der Waals surface area contributed by atoms with Crippen molar-refractivity contribution in [2.24, 2.45) is 4.99 Å². The van der Waals surface area contributed by atoms with E-state index in [0.717, 1.165) is 43.3 Å². The molecule has 7 heteroatoms. The van der Waals surface area contributed by atoms with E-state index in [4.69, 9.17) is 0 Å². The third kappa shape index (κ3) is 5.37. The molecule has 1 aliphatic rings. The van der Waals surface area contributed by atoms with E-state index in [1.807, 2.05) is 18.3 Å². The first-order valence-corrected chi connectivity index (χ1v) is 9.05. The Morgan fingerprint density at radius 3 is 2.56 bits per heavy atom. The Hall–Kier alpha value is -1.22. The first-order valence-electron chi connectivity index (χ1n) is 8.23. The third-order valence-electron chi connectivity index (χ3n) is 4.43. The molecule has 1 heterocycles. The average Bonchev–Trinajstić information content (AvgIpc) is 3.26. The minimum absolute atomic E-state index is 0. The summed E-state index contributed by atoms with van der Waals surface area (Å²) in [5, 5.41) is 7.88. The van der Waals surface area contributed by atoms with Crippen molar-refractivity contribution in [3.63, 3.8) is 0 Å². The first-order chi connectivity index (χ1) is 11.6. The standard InChI is InChI=1S/C18H23FN4S.HI/c1-13-11-22-16(24-13)7-10-21-17(20-2)23-12-18(8-9-18)14-3-5-15(19)6-4-14;/h3-6,11H,7-10,12H2,1-2H3,(H2,20,21,23);1H. The molecule has 0 atom stereocenters. The number of rotatable bonds is 6. The van der Waals surface area contributed by atoms with E-state index in [9.17, 15) is 4.39 Å². The lowest BCUT2D eigenvalue weighted by molar-refractivity contribution is 0.617. The summed E-state index contributed by atoms with van der Waals surface area (Å²) < 4.78 is 13.1. The molecule has 3 rings (SSSR count). The molecule has 0 bridgehead atoms. The van der Waals surface area contributed by atoms with E-state index in [2.05, 4.69) is 27.5 Å². The van der Waals surface area contributed by atoms with Crippen molar-refractivity contribution in [1.82, 2.24) is 15.6 Å². The van der Waals surface area contributed by atoms with Crippen LogP contribution in [-0.4, -0.2) is 31.1 Å². The number of aliphatic imine (C=N–C) groups is 1. The minimum atomic E-state index is -0.183. The molecule has 1 aliphatic carbocycles. The summed E-state index contributed by atoms with van der Waals surface area (Å²) in [6, 6.07) is 6.87. The molecule has 0 spiro atoms. The van der Waals surface area contributed by atoms with Crippen LogP contribution in [0.3, 0.4) is 0 Å². The number of aryl methyl sites for hydroxylation is 1. The molecule has 1 aromatic heterocycles. The van der Waals surface area contributed by atoms with Gasteiger partial charge in [-0.2, -0.15) is 0 Å². The minimum Gasteiger partial charge on any atom is -0.356 e. The van der Waals surface area contributed by atoms with Gasteiger partial charge >= 0.3 is 0 Å². The quantitative estimate of drug-likeness (QED) is 0.382. The van der Waals surface area contributed by atoms with E-state index in [-0.39, 0.29) is 35.2 Å². The smallest absolute Gasteiger partial charge is 0.191 e. The Labute approximate surface area is 169 Å². The maximum absolute atomic E-state index is 13.1. The molecule has 1 fully saturated rings. The van der Waals surface area contributed by atoms with Crippen molar-refractivity contribution >= 4 is 41.3 Å². The van der Waals surface area contributed by atoms with Crippen LogP contribution in [0.1, 0.15) is 28.3 Å². The third-order valence-corrected chi connectivity index (χ3v) is 5.40. The first kappa shape index (κ1) is 20.1. The lowest BCUT2D eigenvalue weighted by Gasteiger charge is -2.19. The molecule has 0 amide bonds. The molecule has 1 aromatic carbocycles. The molecule has 4 nitrogen and oxygen atoms in total. The Morgan fingerprint density at radius 1 is 1.28 bits per heavy atom. The number of hydrogen-bond donors (Lipinski definition) is 2. The highest BCUT2D eigenvalue weighted by Gasteiger charge is 2.44. The zero-order chi connectivity index (χ0) is 17.0. The lowest BCUT2D eigenvalue weighted by atomic mass is 9.96. The van der Waals surface area contributed by atoms with Crippen LogP contribution in [0.2, 0.25) is 0 Å². The summed E-state index contributed by atoms with van der Waals surface area (Å²) in [6.45, 7) is 3.68. The summed E-state index contributed by atoms with van der Waals surface area (Å²) >= 11 is 1.73. The van der Waals surface area contributed by atoms with E-state index in [1.165, 1.54) is 10.4 Å². The Morgan fingerprint density at radius 2 is 2.00 bits per heavy atom. The second kappa shape index (κ2) is 8.93. The van der Waals surface area contributed by atoms with Crippen LogP contribution in [0.4, 0.5) is 4.39 Å². The highest BCUT2D eigenvalue weighted by atomic mass is 127. The summed E-state index contributed by atoms with van der Waals surface area (Å²) in [7, 11) is 1.78. The lowest BCUT2D eigenvalue weighted by Crippen LogP contribution is -2.41. The zero-order valence-corrected chi connectivity index (χ0v) is 17.7. The van der Waals surface area contributed by atoms with Crippen LogP contribution in [-0.2, 0) is 11.8 Å². The molecule has 0 aliphatic heterocycles. The van der Waals surface area contributed by atoms with Gasteiger partial charge in [0, 0.05) is 43.0 Å². The fraction of sp³-hybridized carbons (Fsp3) is 0.444. The average molecular weight is 474 g/mol. The van der Waals surface area contributed by atoms with Gasteiger partial charge in [-0.15, -0.1) is 35.3 Å². The van der Waals surface area contributed by atoms with Gasteiger partial charge in [0.25, 0.3) is 0 Å². The van der Waals surface area contributed by atoms with Gasteiger partial charge in [0.15, 0.2) is 5.96 Å². The Kier molecular flexibility index (Phi) is 7.18. The van der Waals surface area contributed by atoms with E-state index < -0.39 is 0 Å². The normalized spacial score (nSPS) is 15.4. The number of hydrogen-bond acceptors (Lipinski definition) is 3. The summed E-state index contributed by atoms with van der Waals surface area (Å²) in [6.07, 6.45) is 5.05. The number of thiazole rings is 1. The summed E-state index contributed by atoms with van der Waals surface area (Å²) in [5.41, 5.74) is 1.32. The number of nitrogens with zero attached hydrogens (tertiary/aromatic N) is 2. The molecule has 0 unspecified atom stereocenters. The van der Waals surface area contributed by atoms with Crippen molar-refractivity contribution in [3.8, 4) is 0 Å². The molecule has 2 aromatic rings. The predicted octanol–water partition coefficient (Wildman–Crippen LogP) is 3.65. The number of benzene rings is 1. The van der Waals surface area contributed by atoms with Crippen LogP contribution >= 0.6 is 35.3 Å². The maximum atomic E-state index is 13.1. The maximum Gasteiger partial charge on any atom is 0.191 e. The van der Waals surface area contributed by atoms with Crippen LogP contribution in [0.25, 0.3) is 0 Å². The van der Waals surface area contributed by atoms with Crippen LogP contribution in [0.15, 0.2) is 35.5 Å². The number of nitrogens with one attached hydrogen (secondary N) is 2. The van der Waals surface area contributed by atoms with Crippen LogP contribution in [0, 0.1) is 12.7 Å². The SMILES string of the molecule is CN=C(NCCc1ncc(C)s1)NCC1(c2ccc(F)cc2)CC1.I. The highest BCUT2D eigenvalue weighted by Crippen LogP contribution is 2.47. The fourth-order valence-corrected chi connectivity index (χ4v) is 3.59. The largest absolute Gasteiger partial charge is 0.356 e. The summed E-state index contributed by atoms with van der Waals surface area (Å²) in [4.78, 5) is 9.89. The molecular weight excluding hydrogens is 450 g/mol.